The molecule has 1 atom stereocenters. The van der Waals surface area contributed by atoms with Gasteiger partial charge in [0, 0.05) is 13.0 Å². The lowest BCUT2D eigenvalue weighted by molar-refractivity contribution is -0.142. The fraction of sp³-hybridized carbons (Fsp3) is 0.385. The highest BCUT2D eigenvalue weighted by Gasteiger charge is 2.17. The summed E-state index contributed by atoms with van der Waals surface area (Å²) in [5.41, 5.74) is 0.370. The molecule has 5 nitrogen and oxygen atoms in total. The zero-order valence-electron chi connectivity index (χ0n) is 11.2. The van der Waals surface area contributed by atoms with Crippen LogP contribution in [0, 0.1) is 0 Å². The minimum absolute atomic E-state index is 0.148. The SMILES string of the molecule is CC(C(=O)O)N(C)CCC(=O)Nc1c(Cl)cccc1Cl. The van der Waals surface area contributed by atoms with Crippen molar-refractivity contribution in [1.29, 1.82) is 0 Å². The third-order valence-corrected chi connectivity index (χ3v) is 3.57. The van der Waals surface area contributed by atoms with E-state index in [1.807, 2.05) is 0 Å². The number of carboxylic acids is 1. The number of hydrogen-bond donors (Lipinski definition) is 2. The number of carbonyl (C=O) groups is 2. The fourth-order valence-electron chi connectivity index (χ4n) is 1.48. The molecule has 0 heterocycles. The van der Waals surface area contributed by atoms with Crippen molar-refractivity contribution in [2.24, 2.45) is 0 Å². The molecule has 1 aromatic rings. The molecule has 0 saturated heterocycles. The van der Waals surface area contributed by atoms with Crippen LogP contribution in [0.25, 0.3) is 0 Å². The van der Waals surface area contributed by atoms with Crippen molar-refractivity contribution in [3.05, 3.63) is 28.2 Å². The Hall–Kier alpha value is -1.30. The second kappa shape index (κ2) is 7.47. The summed E-state index contributed by atoms with van der Waals surface area (Å²) in [7, 11) is 1.65. The van der Waals surface area contributed by atoms with Crippen LogP contribution in [0.15, 0.2) is 18.2 Å². The van der Waals surface area contributed by atoms with Crippen LogP contribution in [0.2, 0.25) is 10.0 Å². The maximum Gasteiger partial charge on any atom is 0.320 e. The summed E-state index contributed by atoms with van der Waals surface area (Å²) in [4.78, 5) is 24.2. The molecule has 0 bridgehead atoms. The van der Waals surface area contributed by atoms with E-state index in [-0.39, 0.29) is 12.3 Å². The number of nitrogens with one attached hydrogen (secondary N) is 1. The first-order valence-corrected chi connectivity index (χ1v) is 6.75. The Labute approximate surface area is 127 Å². The Morgan fingerprint density at radius 1 is 1.35 bits per heavy atom. The quantitative estimate of drug-likeness (QED) is 0.846. The van der Waals surface area contributed by atoms with E-state index >= 15 is 0 Å². The Kier molecular flexibility index (Phi) is 6.26. The minimum atomic E-state index is -0.929. The molecule has 1 amide bonds. The smallest absolute Gasteiger partial charge is 0.320 e. The van der Waals surface area contributed by atoms with Gasteiger partial charge in [0.05, 0.1) is 15.7 Å². The number of rotatable bonds is 6. The Morgan fingerprint density at radius 2 is 1.90 bits per heavy atom. The summed E-state index contributed by atoms with van der Waals surface area (Å²) in [6, 6.07) is 4.29. The van der Waals surface area contributed by atoms with E-state index in [0.717, 1.165) is 0 Å². The molecule has 1 aromatic carbocycles. The highest BCUT2D eigenvalue weighted by Crippen LogP contribution is 2.29. The van der Waals surface area contributed by atoms with Crippen molar-refractivity contribution < 1.29 is 14.7 Å². The number of halogens is 2. The lowest BCUT2D eigenvalue weighted by atomic mass is 10.2. The predicted molar refractivity (Wildman–Crippen MR) is 79.4 cm³/mol. The van der Waals surface area contributed by atoms with Gasteiger partial charge in [-0.15, -0.1) is 0 Å². The maximum absolute atomic E-state index is 11.8. The number of carbonyl (C=O) groups excluding carboxylic acids is 1. The first-order chi connectivity index (χ1) is 9.32. The summed E-state index contributed by atoms with van der Waals surface area (Å²) in [6.07, 6.45) is 0.148. The number of likely N-dealkylation sites (N-methyl/N-ethyl adjacent to an activating group) is 1. The molecule has 0 aliphatic carbocycles. The van der Waals surface area contributed by atoms with Crippen molar-refractivity contribution >= 4 is 40.8 Å². The zero-order chi connectivity index (χ0) is 15.3. The average molecular weight is 319 g/mol. The Bertz CT molecular complexity index is 488. The van der Waals surface area contributed by atoms with Gasteiger partial charge in [0.1, 0.15) is 6.04 Å². The molecule has 0 aliphatic heterocycles. The molecule has 0 aromatic heterocycles. The van der Waals surface area contributed by atoms with Gasteiger partial charge in [0.25, 0.3) is 0 Å². The van der Waals surface area contributed by atoms with Gasteiger partial charge in [-0.2, -0.15) is 0 Å². The first-order valence-electron chi connectivity index (χ1n) is 6.00. The van der Waals surface area contributed by atoms with Crippen LogP contribution in [-0.4, -0.2) is 41.5 Å². The molecular weight excluding hydrogens is 303 g/mol. The molecule has 0 radical (unpaired) electrons. The van der Waals surface area contributed by atoms with Crippen LogP contribution in [0.3, 0.4) is 0 Å². The molecule has 20 heavy (non-hydrogen) atoms. The molecular formula is C13H16Cl2N2O3. The normalized spacial score (nSPS) is 12.2. The largest absolute Gasteiger partial charge is 0.480 e. The molecule has 0 spiro atoms. The first kappa shape index (κ1) is 16.8. The number of aliphatic carboxylic acids is 1. The molecule has 1 unspecified atom stereocenters. The number of benzene rings is 1. The molecule has 0 saturated carbocycles. The monoisotopic (exact) mass is 318 g/mol. The van der Waals surface area contributed by atoms with Gasteiger partial charge in [-0.3, -0.25) is 14.5 Å². The number of amides is 1. The molecule has 0 aliphatic rings. The van der Waals surface area contributed by atoms with Crippen LogP contribution in [0.1, 0.15) is 13.3 Å². The summed E-state index contributed by atoms with van der Waals surface area (Å²) >= 11 is 11.9. The van der Waals surface area contributed by atoms with Gasteiger partial charge in [-0.25, -0.2) is 0 Å². The predicted octanol–water partition coefficient (Wildman–Crippen LogP) is 2.73. The number of nitrogens with zero attached hydrogens (tertiary/aromatic N) is 1. The van der Waals surface area contributed by atoms with Crippen LogP contribution < -0.4 is 5.32 Å². The molecule has 2 N–H and O–H groups in total. The lowest BCUT2D eigenvalue weighted by Gasteiger charge is -2.20. The van der Waals surface area contributed by atoms with Crippen molar-refractivity contribution in [3.63, 3.8) is 0 Å². The number of para-hydroxylation sites is 1. The van der Waals surface area contributed by atoms with E-state index < -0.39 is 12.0 Å². The third kappa shape index (κ3) is 4.67. The van der Waals surface area contributed by atoms with Gasteiger partial charge in [-0.1, -0.05) is 29.3 Å². The third-order valence-electron chi connectivity index (χ3n) is 2.94. The standard InChI is InChI=1S/C13H16Cl2N2O3/c1-8(13(19)20)17(2)7-6-11(18)16-12-9(14)4-3-5-10(12)15/h3-5,8H,6-7H2,1-2H3,(H,16,18)(H,19,20). The summed E-state index contributed by atoms with van der Waals surface area (Å²) in [6.45, 7) is 1.88. The van der Waals surface area contributed by atoms with Gasteiger partial charge in [0.2, 0.25) is 5.91 Å². The number of hydrogen-bond acceptors (Lipinski definition) is 3. The fourth-order valence-corrected chi connectivity index (χ4v) is 1.97. The second-order valence-corrected chi connectivity index (χ2v) is 5.20. The van der Waals surface area contributed by atoms with E-state index in [1.54, 1.807) is 37.1 Å². The minimum Gasteiger partial charge on any atom is -0.480 e. The lowest BCUT2D eigenvalue weighted by Crippen LogP contribution is -2.37. The number of carboxylic acid groups (broad SMARTS) is 1. The second-order valence-electron chi connectivity index (χ2n) is 4.39. The highest BCUT2D eigenvalue weighted by atomic mass is 35.5. The molecule has 0 fully saturated rings. The topological polar surface area (TPSA) is 69.6 Å². The van der Waals surface area contributed by atoms with Crippen molar-refractivity contribution in [2.45, 2.75) is 19.4 Å². The highest BCUT2D eigenvalue weighted by molar-refractivity contribution is 6.39. The Balaban J connectivity index is 2.55. The van der Waals surface area contributed by atoms with Crippen molar-refractivity contribution in [3.8, 4) is 0 Å². The van der Waals surface area contributed by atoms with Gasteiger partial charge in [0.15, 0.2) is 0 Å². The van der Waals surface area contributed by atoms with Crippen molar-refractivity contribution in [1.82, 2.24) is 4.90 Å². The maximum atomic E-state index is 11.8. The van der Waals surface area contributed by atoms with Gasteiger partial charge >= 0.3 is 5.97 Å². The van der Waals surface area contributed by atoms with E-state index in [1.165, 1.54) is 0 Å². The molecule has 110 valence electrons. The van der Waals surface area contributed by atoms with E-state index in [4.69, 9.17) is 28.3 Å². The molecule has 1 rings (SSSR count). The van der Waals surface area contributed by atoms with Crippen LogP contribution in [0.5, 0.6) is 0 Å². The van der Waals surface area contributed by atoms with E-state index in [0.29, 0.717) is 22.3 Å². The zero-order valence-corrected chi connectivity index (χ0v) is 12.7. The van der Waals surface area contributed by atoms with Crippen LogP contribution in [-0.2, 0) is 9.59 Å². The van der Waals surface area contributed by atoms with Crippen LogP contribution in [0.4, 0.5) is 5.69 Å². The van der Waals surface area contributed by atoms with Crippen LogP contribution >= 0.6 is 23.2 Å². The molecule has 7 heteroatoms. The summed E-state index contributed by atoms with van der Waals surface area (Å²) in [5.74, 6) is -1.20. The van der Waals surface area contributed by atoms with E-state index in [9.17, 15) is 9.59 Å². The van der Waals surface area contributed by atoms with E-state index in [2.05, 4.69) is 5.32 Å². The number of anilines is 1. The Morgan fingerprint density at radius 3 is 2.40 bits per heavy atom. The van der Waals surface area contributed by atoms with Crippen molar-refractivity contribution in [2.75, 3.05) is 18.9 Å². The average Bonchev–Trinajstić information content (AvgIpc) is 2.39. The summed E-state index contributed by atoms with van der Waals surface area (Å²) in [5, 5.41) is 12.2. The summed E-state index contributed by atoms with van der Waals surface area (Å²) < 4.78 is 0. The van der Waals surface area contributed by atoms with Gasteiger partial charge < -0.3 is 10.4 Å². The van der Waals surface area contributed by atoms with Gasteiger partial charge in [-0.05, 0) is 26.1 Å².